The van der Waals surface area contributed by atoms with E-state index in [4.69, 9.17) is 11.0 Å². The number of hydrogen-bond donors (Lipinski definition) is 2. The molecule has 3 N–H and O–H groups in total. The molecule has 1 aromatic rings. The van der Waals surface area contributed by atoms with Crippen molar-refractivity contribution < 1.29 is 8.42 Å². The number of hydrogen-bond acceptors (Lipinski definition) is 4. The van der Waals surface area contributed by atoms with Crippen LogP contribution in [0.15, 0.2) is 12.1 Å². The third-order valence-corrected chi connectivity index (χ3v) is 4.57. The third-order valence-electron chi connectivity index (χ3n) is 2.87. The third kappa shape index (κ3) is 2.74. The molecule has 0 aliphatic rings. The smallest absolute Gasteiger partial charge is 0.249 e. The SMILES string of the molecule is CCC(C#N)S(=O)(=O)Nc1ccc(C)c(N)c1C. The summed E-state index contributed by atoms with van der Waals surface area (Å²) in [5.74, 6) is 0. The number of nitrogens with one attached hydrogen (secondary N) is 1. The lowest BCUT2D eigenvalue weighted by Crippen LogP contribution is -2.26. The summed E-state index contributed by atoms with van der Waals surface area (Å²) in [6, 6.07) is 5.17. The molecule has 0 aliphatic carbocycles. The number of aryl methyl sites for hydroxylation is 1. The first-order valence-corrected chi connectivity index (χ1v) is 7.15. The van der Waals surface area contributed by atoms with Gasteiger partial charge in [-0.1, -0.05) is 13.0 Å². The molecule has 1 aromatic carbocycles. The van der Waals surface area contributed by atoms with Crippen molar-refractivity contribution in [1.82, 2.24) is 0 Å². The van der Waals surface area contributed by atoms with Gasteiger partial charge in [0.05, 0.1) is 11.8 Å². The van der Waals surface area contributed by atoms with Crippen LogP contribution in [0, 0.1) is 25.2 Å². The lowest BCUT2D eigenvalue weighted by Gasteiger charge is -2.15. The highest BCUT2D eigenvalue weighted by Gasteiger charge is 2.24. The Labute approximate surface area is 108 Å². The van der Waals surface area contributed by atoms with Gasteiger partial charge >= 0.3 is 0 Å². The van der Waals surface area contributed by atoms with E-state index in [-0.39, 0.29) is 6.42 Å². The summed E-state index contributed by atoms with van der Waals surface area (Å²) in [7, 11) is -3.69. The van der Waals surface area contributed by atoms with Crippen molar-refractivity contribution in [2.24, 2.45) is 0 Å². The fourth-order valence-electron chi connectivity index (χ4n) is 1.58. The molecule has 0 spiro atoms. The molecule has 1 unspecified atom stereocenters. The minimum absolute atomic E-state index is 0.242. The first-order valence-electron chi connectivity index (χ1n) is 5.60. The Hall–Kier alpha value is -1.74. The topological polar surface area (TPSA) is 96.0 Å². The van der Waals surface area contributed by atoms with Crippen LogP contribution in [0.5, 0.6) is 0 Å². The zero-order valence-electron chi connectivity index (χ0n) is 10.7. The minimum atomic E-state index is -3.69. The van der Waals surface area contributed by atoms with Gasteiger partial charge in [-0.25, -0.2) is 8.42 Å². The Balaban J connectivity index is 3.14. The molecular weight excluding hydrogens is 250 g/mol. The average Bonchev–Trinajstić information content (AvgIpc) is 2.31. The molecule has 0 saturated carbocycles. The number of benzene rings is 1. The maximum atomic E-state index is 11.9. The first kappa shape index (κ1) is 14.3. The quantitative estimate of drug-likeness (QED) is 0.815. The molecule has 0 radical (unpaired) electrons. The Morgan fingerprint density at radius 3 is 2.56 bits per heavy atom. The van der Waals surface area contributed by atoms with Gasteiger partial charge in [0.15, 0.2) is 5.25 Å². The molecular formula is C12H17N3O2S. The lowest BCUT2D eigenvalue weighted by molar-refractivity contribution is 0.593. The molecule has 0 fully saturated rings. The van der Waals surface area contributed by atoms with E-state index < -0.39 is 15.3 Å². The second-order valence-electron chi connectivity index (χ2n) is 4.14. The summed E-state index contributed by atoms with van der Waals surface area (Å²) >= 11 is 0. The fraction of sp³-hybridized carbons (Fsp3) is 0.417. The van der Waals surface area contributed by atoms with Gasteiger partial charge < -0.3 is 5.73 Å². The van der Waals surface area contributed by atoms with Crippen LogP contribution in [0.4, 0.5) is 11.4 Å². The number of sulfonamides is 1. The van der Waals surface area contributed by atoms with Gasteiger partial charge in [-0.2, -0.15) is 5.26 Å². The number of nitrogens with zero attached hydrogens (tertiary/aromatic N) is 1. The van der Waals surface area contributed by atoms with Gasteiger partial charge in [-0.05, 0) is 37.5 Å². The monoisotopic (exact) mass is 267 g/mol. The van der Waals surface area contributed by atoms with Crippen molar-refractivity contribution in [2.45, 2.75) is 32.4 Å². The van der Waals surface area contributed by atoms with Crippen LogP contribution in [0.25, 0.3) is 0 Å². The van der Waals surface area contributed by atoms with Crippen molar-refractivity contribution in [3.05, 3.63) is 23.3 Å². The molecule has 18 heavy (non-hydrogen) atoms. The fourth-order valence-corrected chi connectivity index (χ4v) is 2.83. The van der Waals surface area contributed by atoms with E-state index in [0.717, 1.165) is 5.56 Å². The van der Waals surface area contributed by atoms with Gasteiger partial charge in [0.25, 0.3) is 0 Å². The number of nitrogen functional groups attached to an aromatic ring is 1. The largest absolute Gasteiger partial charge is 0.398 e. The van der Waals surface area contributed by atoms with Crippen LogP contribution in [0.1, 0.15) is 24.5 Å². The molecule has 1 rings (SSSR count). The summed E-state index contributed by atoms with van der Waals surface area (Å²) in [6.45, 7) is 5.25. The number of nitrogens with two attached hydrogens (primary N) is 1. The second kappa shape index (κ2) is 5.27. The molecule has 0 heterocycles. The highest BCUT2D eigenvalue weighted by molar-refractivity contribution is 7.93. The standard InChI is InChI=1S/C12H17N3O2S/c1-4-10(7-13)18(16,17)15-11-6-5-8(2)12(14)9(11)3/h5-6,10,15H,4,14H2,1-3H3. The second-order valence-corrected chi connectivity index (χ2v) is 6.00. The van der Waals surface area contributed by atoms with Gasteiger partial charge in [-0.15, -0.1) is 0 Å². The van der Waals surface area contributed by atoms with Crippen LogP contribution < -0.4 is 10.5 Å². The summed E-state index contributed by atoms with van der Waals surface area (Å²) in [5, 5.41) is 7.76. The van der Waals surface area contributed by atoms with Gasteiger partial charge in [-0.3, -0.25) is 4.72 Å². The minimum Gasteiger partial charge on any atom is -0.398 e. The molecule has 0 bridgehead atoms. The van der Waals surface area contributed by atoms with Crippen LogP contribution >= 0.6 is 0 Å². The normalized spacial score (nSPS) is 12.8. The highest BCUT2D eigenvalue weighted by Crippen LogP contribution is 2.26. The predicted molar refractivity (Wildman–Crippen MR) is 72.6 cm³/mol. The predicted octanol–water partition coefficient (Wildman–Crippen LogP) is 1.93. The average molecular weight is 267 g/mol. The van der Waals surface area contributed by atoms with Crippen molar-refractivity contribution in [3.63, 3.8) is 0 Å². The molecule has 1 atom stereocenters. The number of rotatable bonds is 4. The molecule has 0 amide bonds. The zero-order chi connectivity index (χ0) is 13.9. The Morgan fingerprint density at radius 2 is 2.06 bits per heavy atom. The molecule has 5 nitrogen and oxygen atoms in total. The van der Waals surface area contributed by atoms with Crippen molar-refractivity contribution in [2.75, 3.05) is 10.5 Å². The molecule has 0 aliphatic heterocycles. The summed E-state index contributed by atoms with van der Waals surface area (Å²) in [5.41, 5.74) is 8.39. The van der Waals surface area contributed by atoms with Crippen molar-refractivity contribution in [3.8, 4) is 6.07 Å². The van der Waals surface area contributed by atoms with E-state index in [0.29, 0.717) is 16.9 Å². The Morgan fingerprint density at radius 1 is 1.44 bits per heavy atom. The van der Waals surface area contributed by atoms with E-state index in [2.05, 4.69) is 4.72 Å². The van der Waals surface area contributed by atoms with Crippen LogP contribution in [-0.4, -0.2) is 13.7 Å². The molecule has 98 valence electrons. The lowest BCUT2D eigenvalue weighted by atomic mass is 10.1. The summed E-state index contributed by atoms with van der Waals surface area (Å²) in [6.07, 6.45) is 0.242. The summed E-state index contributed by atoms with van der Waals surface area (Å²) in [4.78, 5) is 0. The van der Waals surface area contributed by atoms with E-state index >= 15 is 0 Å². The van der Waals surface area contributed by atoms with E-state index in [1.165, 1.54) is 0 Å². The Kier molecular flexibility index (Phi) is 4.19. The van der Waals surface area contributed by atoms with Gasteiger partial charge in [0.1, 0.15) is 0 Å². The van der Waals surface area contributed by atoms with E-state index in [1.807, 2.05) is 6.92 Å². The number of nitriles is 1. The van der Waals surface area contributed by atoms with Crippen molar-refractivity contribution >= 4 is 21.4 Å². The number of anilines is 2. The van der Waals surface area contributed by atoms with Crippen LogP contribution in [0.3, 0.4) is 0 Å². The van der Waals surface area contributed by atoms with Crippen LogP contribution in [-0.2, 0) is 10.0 Å². The maximum Gasteiger partial charge on any atom is 0.249 e. The van der Waals surface area contributed by atoms with E-state index in [9.17, 15) is 8.42 Å². The highest BCUT2D eigenvalue weighted by atomic mass is 32.2. The van der Waals surface area contributed by atoms with Gasteiger partial charge in [0.2, 0.25) is 10.0 Å². The van der Waals surface area contributed by atoms with E-state index in [1.54, 1.807) is 32.0 Å². The van der Waals surface area contributed by atoms with Crippen LogP contribution in [0.2, 0.25) is 0 Å². The summed E-state index contributed by atoms with van der Waals surface area (Å²) < 4.78 is 26.3. The first-order chi connectivity index (χ1) is 8.33. The Bertz CT molecular complexity index is 588. The molecule has 6 heteroatoms. The maximum absolute atomic E-state index is 11.9. The molecule has 0 aromatic heterocycles. The zero-order valence-corrected chi connectivity index (χ0v) is 11.5. The van der Waals surface area contributed by atoms with Crippen molar-refractivity contribution in [1.29, 1.82) is 5.26 Å². The van der Waals surface area contributed by atoms with Gasteiger partial charge in [0, 0.05) is 5.69 Å². The molecule has 0 saturated heterocycles.